The number of rotatable bonds is 4. The maximum Gasteiger partial charge on any atom is 0.0843 e. The molecule has 0 aromatic carbocycles. The van der Waals surface area contributed by atoms with Crippen LogP contribution in [-0.4, -0.2) is 9.78 Å². The van der Waals surface area contributed by atoms with E-state index in [4.69, 9.17) is 5.84 Å². The Morgan fingerprint density at radius 1 is 1.50 bits per heavy atom. The summed E-state index contributed by atoms with van der Waals surface area (Å²) in [6.45, 7) is 1.99. The molecule has 1 unspecified atom stereocenters. The number of hydrogen-bond acceptors (Lipinski definition) is 4. The van der Waals surface area contributed by atoms with Crippen LogP contribution in [0, 0.1) is 6.92 Å². The number of nitrogens with one attached hydrogen (secondary N) is 1. The molecule has 2 rings (SSSR count). The van der Waals surface area contributed by atoms with Gasteiger partial charge in [0.25, 0.3) is 0 Å². The molecule has 7 heteroatoms. The molecule has 0 aliphatic heterocycles. The van der Waals surface area contributed by atoms with E-state index in [0.717, 1.165) is 26.1 Å². The number of nitrogens with zero attached hydrogens (tertiary/aromatic N) is 2. The van der Waals surface area contributed by atoms with Crippen molar-refractivity contribution in [3.05, 3.63) is 36.7 Å². The molecule has 1 atom stereocenters. The van der Waals surface area contributed by atoms with Gasteiger partial charge in [0.1, 0.15) is 0 Å². The molecule has 0 aliphatic rings. The summed E-state index contributed by atoms with van der Waals surface area (Å²) in [4.78, 5) is 1.19. The van der Waals surface area contributed by atoms with Crippen LogP contribution in [0.5, 0.6) is 0 Å². The first-order valence-corrected chi connectivity index (χ1v) is 7.82. The van der Waals surface area contributed by atoms with Crippen LogP contribution in [0.3, 0.4) is 0 Å². The van der Waals surface area contributed by atoms with Gasteiger partial charge in [-0.05, 0) is 50.9 Å². The lowest BCUT2D eigenvalue weighted by Gasteiger charge is -2.13. The Balaban J connectivity index is 2.22. The highest BCUT2D eigenvalue weighted by Gasteiger charge is 2.17. The second kappa shape index (κ2) is 5.83. The summed E-state index contributed by atoms with van der Waals surface area (Å²) in [7, 11) is 1.95. The van der Waals surface area contributed by atoms with E-state index in [1.807, 2.05) is 18.7 Å². The average Bonchev–Trinajstić information content (AvgIpc) is 2.79. The Kier molecular flexibility index (Phi) is 4.60. The normalized spacial score (nSPS) is 12.9. The molecular formula is C11H14Br2N4S. The Morgan fingerprint density at radius 2 is 2.22 bits per heavy atom. The van der Waals surface area contributed by atoms with Crippen LogP contribution in [0.1, 0.15) is 22.3 Å². The van der Waals surface area contributed by atoms with Crippen molar-refractivity contribution in [1.29, 1.82) is 0 Å². The fraction of sp³-hybridized carbons (Fsp3) is 0.364. The molecule has 4 nitrogen and oxygen atoms in total. The molecule has 3 N–H and O–H groups in total. The van der Waals surface area contributed by atoms with Crippen LogP contribution in [-0.2, 0) is 13.5 Å². The standard InChI is InChI=1S/C11H14Br2N4S/c1-6-3-7(17(2)16-6)4-9(15-14)10-5-8(12)11(13)18-10/h3,5,9,15H,4,14H2,1-2H3. The van der Waals surface area contributed by atoms with Gasteiger partial charge >= 0.3 is 0 Å². The molecule has 18 heavy (non-hydrogen) atoms. The van der Waals surface area contributed by atoms with E-state index in [1.54, 1.807) is 11.3 Å². The zero-order chi connectivity index (χ0) is 13.3. The van der Waals surface area contributed by atoms with E-state index >= 15 is 0 Å². The van der Waals surface area contributed by atoms with Crippen molar-refractivity contribution >= 4 is 43.2 Å². The first kappa shape index (κ1) is 14.2. The minimum absolute atomic E-state index is 0.0902. The topological polar surface area (TPSA) is 55.9 Å². The van der Waals surface area contributed by atoms with Gasteiger partial charge in [-0.2, -0.15) is 5.10 Å². The predicted octanol–water partition coefficient (Wildman–Crippen LogP) is 3.06. The molecule has 2 heterocycles. The predicted molar refractivity (Wildman–Crippen MR) is 81.4 cm³/mol. The van der Waals surface area contributed by atoms with E-state index in [1.165, 1.54) is 4.88 Å². The number of aromatic nitrogens is 2. The summed E-state index contributed by atoms with van der Waals surface area (Å²) in [5, 5.41) is 4.35. The number of aryl methyl sites for hydroxylation is 2. The number of halogens is 2. The van der Waals surface area contributed by atoms with Crippen LogP contribution in [0.15, 0.2) is 20.4 Å². The Hall–Kier alpha value is -0.210. The fourth-order valence-corrected chi connectivity index (χ4v) is 3.99. The van der Waals surface area contributed by atoms with Crippen molar-refractivity contribution in [1.82, 2.24) is 15.2 Å². The van der Waals surface area contributed by atoms with Crippen molar-refractivity contribution in [2.45, 2.75) is 19.4 Å². The van der Waals surface area contributed by atoms with Gasteiger partial charge in [-0.25, -0.2) is 0 Å². The minimum Gasteiger partial charge on any atom is -0.272 e. The third-order valence-corrected chi connectivity index (χ3v) is 6.09. The Labute approximate surface area is 127 Å². The number of hydrazine groups is 1. The summed E-state index contributed by atoms with van der Waals surface area (Å²) in [6, 6.07) is 4.26. The lowest BCUT2D eigenvalue weighted by molar-refractivity contribution is 0.537. The largest absolute Gasteiger partial charge is 0.272 e. The maximum absolute atomic E-state index is 5.67. The van der Waals surface area contributed by atoms with E-state index in [9.17, 15) is 0 Å². The average molecular weight is 394 g/mol. The summed E-state index contributed by atoms with van der Waals surface area (Å²) >= 11 is 8.67. The third-order valence-electron chi connectivity index (χ3n) is 2.72. The SMILES string of the molecule is Cc1cc(CC(NN)c2cc(Br)c(Br)s2)n(C)n1. The molecule has 98 valence electrons. The summed E-state index contributed by atoms with van der Waals surface area (Å²) < 4.78 is 4.04. The molecule has 2 aromatic heterocycles. The van der Waals surface area contributed by atoms with Crippen molar-refractivity contribution in [3.63, 3.8) is 0 Å². The maximum atomic E-state index is 5.67. The lowest BCUT2D eigenvalue weighted by atomic mass is 10.1. The zero-order valence-corrected chi connectivity index (χ0v) is 14.1. The van der Waals surface area contributed by atoms with Crippen LogP contribution >= 0.6 is 43.2 Å². The fourth-order valence-electron chi connectivity index (χ4n) is 1.84. The van der Waals surface area contributed by atoms with Crippen molar-refractivity contribution in [3.8, 4) is 0 Å². The molecular weight excluding hydrogens is 380 g/mol. The van der Waals surface area contributed by atoms with Gasteiger partial charge in [0.05, 0.1) is 15.5 Å². The first-order chi connectivity index (χ1) is 8.51. The second-order valence-electron chi connectivity index (χ2n) is 4.09. The van der Waals surface area contributed by atoms with Crippen molar-refractivity contribution in [2.24, 2.45) is 12.9 Å². The van der Waals surface area contributed by atoms with Gasteiger partial charge in [-0.3, -0.25) is 16.0 Å². The van der Waals surface area contributed by atoms with Crippen LogP contribution in [0.4, 0.5) is 0 Å². The summed E-state index contributed by atoms with van der Waals surface area (Å²) in [6.07, 6.45) is 0.813. The van der Waals surface area contributed by atoms with Gasteiger partial charge in [0.15, 0.2) is 0 Å². The monoisotopic (exact) mass is 392 g/mol. The molecule has 2 aromatic rings. The van der Waals surface area contributed by atoms with Crippen LogP contribution < -0.4 is 11.3 Å². The van der Waals surface area contributed by atoms with Gasteiger partial charge in [-0.1, -0.05) is 0 Å². The zero-order valence-electron chi connectivity index (χ0n) is 10.1. The quantitative estimate of drug-likeness (QED) is 0.619. The van der Waals surface area contributed by atoms with E-state index in [-0.39, 0.29) is 6.04 Å². The summed E-state index contributed by atoms with van der Waals surface area (Å²) in [5.74, 6) is 5.67. The lowest BCUT2D eigenvalue weighted by Crippen LogP contribution is -2.29. The van der Waals surface area contributed by atoms with Crippen LogP contribution in [0.2, 0.25) is 0 Å². The van der Waals surface area contributed by atoms with E-state index in [0.29, 0.717) is 0 Å². The first-order valence-electron chi connectivity index (χ1n) is 5.41. The smallest absolute Gasteiger partial charge is 0.0843 e. The molecule has 0 radical (unpaired) electrons. The van der Waals surface area contributed by atoms with E-state index in [2.05, 4.69) is 54.5 Å². The van der Waals surface area contributed by atoms with Crippen molar-refractivity contribution < 1.29 is 0 Å². The number of nitrogens with two attached hydrogens (primary N) is 1. The Morgan fingerprint density at radius 3 is 2.67 bits per heavy atom. The molecule has 0 fully saturated rings. The van der Waals surface area contributed by atoms with Gasteiger partial charge in [-0.15, -0.1) is 11.3 Å². The molecule has 0 spiro atoms. The molecule has 0 bridgehead atoms. The van der Waals surface area contributed by atoms with Gasteiger partial charge in [0.2, 0.25) is 0 Å². The minimum atomic E-state index is 0.0902. The highest BCUT2D eigenvalue weighted by molar-refractivity contribution is 9.13. The molecule has 0 saturated heterocycles. The summed E-state index contributed by atoms with van der Waals surface area (Å²) in [5.41, 5.74) is 5.06. The van der Waals surface area contributed by atoms with Gasteiger partial charge < -0.3 is 0 Å². The van der Waals surface area contributed by atoms with Crippen LogP contribution in [0.25, 0.3) is 0 Å². The molecule has 0 amide bonds. The van der Waals surface area contributed by atoms with Crippen molar-refractivity contribution in [2.75, 3.05) is 0 Å². The Bertz CT molecular complexity index is 530. The molecule has 0 aliphatic carbocycles. The third kappa shape index (κ3) is 3.03. The van der Waals surface area contributed by atoms with E-state index < -0.39 is 0 Å². The second-order valence-corrected chi connectivity index (χ2v) is 7.35. The highest BCUT2D eigenvalue weighted by atomic mass is 79.9. The highest BCUT2D eigenvalue weighted by Crippen LogP contribution is 2.36. The molecule has 0 saturated carbocycles. The van der Waals surface area contributed by atoms with Gasteiger partial charge in [0, 0.05) is 28.5 Å². The number of thiophene rings is 1. The number of hydrogen-bond donors (Lipinski definition) is 2.